The fourth-order valence-corrected chi connectivity index (χ4v) is 7.35. The smallest absolute Gasteiger partial charge is 0.253 e. The molecule has 1 rings (SSSR count). The third kappa shape index (κ3) is 8.46. The van der Waals surface area contributed by atoms with Crippen LogP contribution in [0.3, 0.4) is 0 Å². The van der Waals surface area contributed by atoms with Gasteiger partial charge in [-0.15, -0.1) is 0 Å². The summed E-state index contributed by atoms with van der Waals surface area (Å²) in [5.41, 5.74) is 1.06. The van der Waals surface area contributed by atoms with E-state index >= 15 is 0 Å². The van der Waals surface area contributed by atoms with Crippen molar-refractivity contribution in [2.45, 2.75) is 6.92 Å². The molecular formula is C19H26I3N3O7. The number of amides is 3. The number of aliphatic hydroxyl groups is 2. The highest BCUT2D eigenvalue weighted by molar-refractivity contribution is 14.1. The van der Waals surface area contributed by atoms with E-state index in [2.05, 4.69) is 10.6 Å². The van der Waals surface area contributed by atoms with E-state index in [4.69, 9.17) is 19.7 Å². The van der Waals surface area contributed by atoms with Crippen LogP contribution < -0.4 is 15.5 Å². The highest BCUT2D eigenvalue weighted by Crippen LogP contribution is 2.37. The lowest BCUT2D eigenvalue weighted by molar-refractivity contribution is -0.116. The molecule has 0 aliphatic rings. The number of nitrogens with zero attached hydrogens (tertiary/aromatic N) is 1. The molecule has 0 radical (unpaired) electrons. The van der Waals surface area contributed by atoms with E-state index in [1.165, 1.54) is 11.8 Å². The zero-order valence-electron chi connectivity index (χ0n) is 17.7. The number of anilines is 1. The standard InChI is InChI=1S/C19H26I3N3O7/c1-11(28)25(2)17-15(21)12(18(29)23-3-7-31-9-5-26)14(20)13(16(17)22)19(30)24-4-8-32-10-6-27/h26-27H,3-10H2,1-2H3,(H,23,29)(H,24,30). The molecule has 0 bridgehead atoms. The molecule has 0 aliphatic heterocycles. The fraction of sp³-hybridized carbons (Fsp3) is 0.526. The number of carbonyl (C=O) groups is 3. The summed E-state index contributed by atoms with van der Waals surface area (Å²) in [4.78, 5) is 39.4. The van der Waals surface area contributed by atoms with Crippen LogP contribution in [0.25, 0.3) is 0 Å². The minimum absolute atomic E-state index is 0.106. The Morgan fingerprint density at radius 2 is 1.22 bits per heavy atom. The lowest BCUT2D eigenvalue weighted by Crippen LogP contribution is -2.34. The summed E-state index contributed by atoms with van der Waals surface area (Å²) in [5, 5.41) is 23.0. The molecule has 4 N–H and O–H groups in total. The van der Waals surface area contributed by atoms with Crippen molar-refractivity contribution in [3.05, 3.63) is 21.8 Å². The molecule has 180 valence electrons. The van der Waals surface area contributed by atoms with Crippen LogP contribution in [-0.4, -0.2) is 87.7 Å². The van der Waals surface area contributed by atoms with Gasteiger partial charge >= 0.3 is 0 Å². The Labute approximate surface area is 227 Å². The first-order chi connectivity index (χ1) is 15.2. The topological polar surface area (TPSA) is 137 Å². The zero-order chi connectivity index (χ0) is 24.3. The van der Waals surface area contributed by atoms with E-state index in [9.17, 15) is 14.4 Å². The summed E-state index contributed by atoms with van der Waals surface area (Å²) in [7, 11) is 1.59. The second kappa shape index (κ2) is 15.5. The van der Waals surface area contributed by atoms with Crippen molar-refractivity contribution in [3.8, 4) is 0 Å². The summed E-state index contributed by atoms with van der Waals surface area (Å²) in [6.07, 6.45) is 0. The molecule has 10 nitrogen and oxygen atoms in total. The number of benzene rings is 1. The number of rotatable bonds is 13. The predicted molar refractivity (Wildman–Crippen MR) is 144 cm³/mol. The van der Waals surface area contributed by atoms with Crippen LogP contribution in [0.2, 0.25) is 0 Å². The van der Waals surface area contributed by atoms with E-state index in [1.54, 1.807) is 7.05 Å². The molecule has 32 heavy (non-hydrogen) atoms. The minimum atomic E-state index is -0.402. The Morgan fingerprint density at radius 1 is 0.812 bits per heavy atom. The molecule has 0 saturated carbocycles. The molecule has 0 spiro atoms. The van der Waals surface area contributed by atoms with Gasteiger partial charge in [-0.2, -0.15) is 0 Å². The predicted octanol–water partition coefficient (Wildman–Crippen LogP) is 0.960. The number of hydrogen-bond donors (Lipinski definition) is 4. The monoisotopic (exact) mass is 789 g/mol. The number of aliphatic hydroxyl groups excluding tert-OH is 2. The van der Waals surface area contributed by atoms with E-state index < -0.39 is 11.8 Å². The molecule has 13 heteroatoms. The highest BCUT2D eigenvalue weighted by atomic mass is 127. The van der Waals surface area contributed by atoms with Crippen LogP contribution in [0, 0.1) is 10.7 Å². The van der Waals surface area contributed by atoms with Crippen LogP contribution in [0.5, 0.6) is 0 Å². The first-order valence-corrected chi connectivity index (χ1v) is 12.8. The molecule has 0 heterocycles. The fourth-order valence-electron chi connectivity index (χ4n) is 2.48. The molecule has 0 saturated heterocycles. The molecule has 3 amide bonds. The normalized spacial score (nSPS) is 10.7. The Bertz CT molecular complexity index is 771. The summed E-state index contributed by atoms with van der Waals surface area (Å²) in [5.74, 6) is -1.04. The second-order valence-electron chi connectivity index (χ2n) is 6.30. The average molecular weight is 789 g/mol. The Hall–Kier alpha value is -0.340. The van der Waals surface area contributed by atoms with Gasteiger partial charge in [-0.25, -0.2) is 0 Å². The Morgan fingerprint density at radius 3 is 1.56 bits per heavy atom. The first kappa shape index (κ1) is 29.7. The molecule has 0 atom stereocenters. The van der Waals surface area contributed by atoms with Crippen molar-refractivity contribution in [1.82, 2.24) is 10.6 Å². The van der Waals surface area contributed by atoms with Gasteiger partial charge in [-0.05, 0) is 67.8 Å². The van der Waals surface area contributed by atoms with Crippen molar-refractivity contribution in [2.75, 3.05) is 64.7 Å². The third-order valence-corrected chi connectivity index (χ3v) is 7.27. The maximum atomic E-state index is 13.0. The molecule has 0 aliphatic carbocycles. The zero-order valence-corrected chi connectivity index (χ0v) is 24.1. The number of halogens is 3. The van der Waals surface area contributed by atoms with Crippen molar-refractivity contribution in [1.29, 1.82) is 0 Å². The van der Waals surface area contributed by atoms with Crippen LogP contribution in [-0.2, 0) is 14.3 Å². The van der Waals surface area contributed by atoms with E-state index in [0.29, 0.717) is 27.5 Å². The van der Waals surface area contributed by atoms with Crippen molar-refractivity contribution in [2.24, 2.45) is 0 Å². The van der Waals surface area contributed by atoms with Gasteiger partial charge in [0.25, 0.3) is 11.8 Å². The first-order valence-electron chi connectivity index (χ1n) is 9.57. The van der Waals surface area contributed by atoms with Crippen LogP contribution in [0.4, 0.5) is 5.69 Å². The molecule has 0 fully saturated rings. The summed E-state index contributed by atoms with van der Waals surface area (Å²) in [6.45, 7) is 2.44. The molecule has 0 unspecified atom stereocenters. The van der Waals surface area contributed by atoms with Gasteiger partial charge in [0.05, 0.1) is 63.6 Å². The summed E-state index contributed by atoms with van der Waals surface area (Å²) >= 11 is 5.99. The number of carbonyl (C=O) groups excluding carboxylic acids is 3. The van der Waals surface area contributed by atoms with Crippen molar-refractivity contribution >= 4 is 91.2 Å². The lowest BCUT2D eigenvalue weighted by Gasteiger charge is -2.24. The van der Waals surface area contributed by atoms with E-state index in [0.717, 1.165) is 0 Å². The lowest BCUT2D eigenvalue weighted by atomic mass is 10.1. The van der Waals surface area contributed by atoms with E-state index in [1.807, 2.05) is 67.8 Å². The molecule has 1 aromatic carbocycles. The summed E-state index contributed by atoms with van der Waals surface area (Å²) < 4.78 is 11.9. The summed E-state index contributed by atoms with van der Waals surface area (Å²) in [6, 6.07) is 0. The van der Waals surface area contributed by atoms with Gasteiger partial charge in [0.15, 0.2) is 0 Å². The molecule has 0 aromatic heterocycles. The van der Waals surface area contributed by atoms with Gasteiger partial charge in [0, 0.05) is 30.6 Å². The van der Waals surface area contributed by atoms with Crippen LogP contribution in [0.1, 0.15) is 27.6 Å². The number of ether oxygens (including phenoxy) is 2. The minimum Gasteiger partial charge on any atom is -0.394 e. The Balaban J connectivity index is 3.29. The maximum absolute atomic E-state index is 13.0. The maximum Gasteiger partial charge on any atom is 0.253 e. The van der Waals surface area contributed by atoms with Crippen LogP contribution in [0.15, 0.2) is 0 Å². The number of nitrogens with one attached hydrogen (secondary N) is 2. The Kier molecular flexibility index (Phi) is 14.4. The second-order valence-corrected chi connectivity index (χ2v) is 9.54. The van der Waals surface area contributed by atoms with Crippen molar-refractivity contribution < 1.29 is 34.1 Å². The third-order valence-electron chi connectivity index (χ3n) is 4.09. The van der Waals surface area contributed by atoms with Gasteiger partial charge in [0.1, 0.15) is 0 Å². The van der Waals surface area contributed by atoms with E-state index in [-0.39, 0.29) is 58.6 Å². The quantitative estimate of drug-likeness (QED) is 0.173. The molecule has 1 aromatic rings. The van der Waals surface area contributed by atoms with Gasteiger partial charge in [0.2, 0.25) is 5.91 Å². The largest absolute Gasteiger partial charge is 0.394 e. The molecular weight excluding hydrogens is 763 g/mol. The van der Waals surface area contributed by atoms with Crippen LogP contribution >= 0.6 is 67.8 Å². The van der Waals surface area contributed by atoms with Crippen molar-refractivity contribution in [3.63, 3.8) is 0 Å². The van der Waals surface area contributed by atoms with Gasteiger partial charge < -0.3 is 35.2 Å². The number of hydrogen-bond acceptors (Lipinski definition) is 7. The average Bonchev–Trinajstić information content (AvgIpc) is 2.73. The highest BCUT2D eigenvalue weighted by Gasteiger charge is 2.29. The van der Waals surface area contributed by atoms with Gasteiger partial charge in [-0.1, -0.05) is 0 Å². The van der Waals surface area contributed by atoms with Gasteiger partial charge in [-0.3, -0.25) is 14.4 Å². The SMILES string of the molecule is CC(=O)N(C)c1c(I)c(C(=O)NCCOCCO)c(I)c(C(=O)NCCOCCO)c1I.